The van der Waals surface area contributed by atoms with Crippen molar-refractivity contribution in [1.29, 1.82) is 0 Å². The second-order valence-corrected chi connectivity index (χ2v) is 5.62. The number of carbonyl (C=O) groups excluding carboxylic acids is 1. The first kappa shape index (κ1) is 16.3. The zero-order valence-corrected chi connectivity index (χ0v) is 13.0. The normalized spacial score (nSPS) is 20.0. The standard InChI is InChI=1S/C18H18FNO4/c19-14-6-8-15(9-7-14)24-17-11-20(10-16(17)21)18(22)23-12-13-4-2-1-3-5-13/h1-9,16-17,21H,10-12H2. The van der Waals surface area contributed by atoms with E-state index in [-0.39, 0.29) is 25.5 Å². The number of halogens is 1. The fourth-order valence-corrected chi connectivity index (χ4v) is 2.52. The van der Waals surface area contributed by atoms with Crippen LogP contribution in [0.3, 0.4) is 0 Å². The lowest BCUT2D eigenvalue weighted by Crippen LogP contribution is -2.31. The number of hydrogen-bond acceptors (Lipinski definition) is 4. The van der Waals surface area contributed by atoms with E-state index in [9.17, 15) is 14.3 Å². The van der Waals surface area contributed by atoms with Gasteiger partial charge in [-0.1, -0.05) is 30.3 Å². The number of likely N-dealkylation sites (tertiary alicyclic amines) is 1. The number of amides is 1. The number of aliphatic hydroxyl groups is 1. The van der Waals surface area contributed by atoms with Crippen LogP contribution >= 0.6 is 0 Å². The average molecular weight is 331 g/mol. The van der Waals surface area contributed by atoms with Gasteiger partial charge in [-0.2, -0.15) is 0 Å². The summed E-state index contributed by atoms with van der Waals surface area (Å²) in [6, 6.07) is 14.9. The van der Waals surface area contributed by atoms with Crippen molar-refractivity contribution in [2.24, 2.45) is 0 Å². The number of benzene rings is 2. The number of hydrogen-bond donors (Lipinski definition) is 1. The first-order valence-electron chi connectivity index (χ1n) is 7.68. The molecule has 24 heavy (non-hydrogen) atoms. The van der Waals surface area contributed by atoms with Gasteiger partial charge in [0.2, 0.25) is 0 Å². The topological polar surface area (TPSA) is 59.0 Å². The Kier molecular flexibility index (Phi) is 4.96. The molecule has 126 valence electrons. The van der Waals surface area contributed by atoms with Crippen LogP contribution in [0.1, 0.15) is 5.56 Å². The summed E-state index contributed by atoms with van der Waals surface area (Å²) < 4.78 is 23.8. The van der Waals surface area contributed by atoms with Gasteiger partial charge in [-0.05, 0) is 29.8 Å². The van der Waals surface area contributed by atoms with Gasteiger partial charge in [-0.25, -0.2) is 9.18 Å². The first-order chi connectivity index (χ1) is 11.6. The van der Waals surface area contributed by atoms with Gasteiger partial charge in [0.1, 0.15) is 30.4 Å². The van der Waals surface area contributed by atoms with E-state index >= 15 is 0 Å². The molecule has 2 aromatic carbocycles. The van der Waals surface area contributed by atoms with Crippen molar-refractivity contribution in [2.75, 3.05) is 13.1 Å². The molecular formula is C18H18FNO4. The maximum atomic E-state index is 12.9. The van der Waals surface area contributed by atoms with E-state index < -0.39 is 18.3 Å². The Hall–Kier alpha value is -2.60. The Balaban J connectivity index is 1.52. The minimum atomic E-state index is -0.820. The highest BCUT2D eigenvalue weighted by molar-refractivity contribution is 5.68. The summed E-state index contributed by atoms with van der Waals surface area (Å²) in [4.78, 5) is 13.5. The molecule has 0 aromatic heterocycles. The minimum absolute atomic E-state index is 0.138. The van der Waals surface area contributed by atoms with Crippen molar-refractivity contribution in [1.82, 2.24) is 4.90 Å². The van der Waals surface area contributed by atoms with Crippen molar-refractivity contribution >= 4 is 6.09 Å². The molecule has 0 saturated carbocycles. The van der Waals surface area contributed by atoms with Crippen LogP contribution in [0.15, 0.2) is 54.6 Å². The van der Waals surface area contributed by atoms with E-state index in [2.05, 4.69) is 0 Å². The third kappa shape index (κ3) is 4.02. The highest BCUT2D eigenvalue weighted by atomic mass is 19.1. The molecule has 2 aromatic rings. The second kappa shape index (κ2) is 7.31. The van der Waals surface area contributed by atoms with Crippen molar-refractivity contribution in [3.05, 3.63) is 66.0 Å². The monoisotopic (exact) mass is 331 g/mol. The Labute approximate surface area is 139 Å². The van der Waals surface area contributed by atoms with Crippen LogP contribution in [0.25, 0.3) is 0 Å². The molecule has 3 rings (SSSR count). The number of aliphatic hydroxyl groups excluding tert-OH is 1. The number of ether oxygens (including phenoxy) is 2. The predicted molar refractivity (Wildman–Crippen MR) is 85.0 cm³/mol. The van der Waals surface area contributed by atoms with Gasteiger partial charge in [0.15, 0.2) is 0 Å². The van der Waals surface area contributed by atoms with Crippen LogP contribution in [-0.4, -0.2) is 41.4 Å². The van der Waals surface area contributed by atoms with Crippen LogP contribution in [0.5, 0.6) is 5.75 Å². The van der Waals surface area contributed by atoms with Crippen molar-refractivity contribution < 1.29 is 23.8 Å². The smallest absolute Gasteiger partial charge is 0.410 e. The van der Waals surface area contributed by atoms with E-state index in [1.54, 1.807) is 0 Å². The number of β-amino-alcohol motifs (C(OH)–C–C–N with tert-alkyl or cyclic N) is 1. The SMILES string of the molecule is O=C(OCc1ccccc1)N1CC(O)C(Oc2ccc(F)cc2)C1. The van der Waals surface area contributed by atoms with E-state index in [4.69, 9.17) is 9.47 Å². The zero-order valence-electron chi connectivity index (χ0n) is 13.0. The molecule has 0 spiro atoms. The Morgan fingerprint density at radius 3 is 2.54 bits per heavy atom. The van der Waals surface area contributed by atoms with Crippen LogP contribution in [0, 0.1) is 5.82 Å². The average Bonchev–Trinajstić information content (AvgIpc) is 2.96. The van der Waals surface area contributed by atoms with Crippen LogP contribution in [0.2, 0.25) is 0 Å². The molecule has 1 saturated heterocycles. The molecule has 6 heteroatoms. The van der Waals surface area contributed by atoms with E-state index in [0.29, 0.717) is 5.75 Å². The molecular weight excluding hydrogens is 313 g/mol. The molecule has 1 heterocycles. The van der Waals surface area contributed by atoms with Crippen molar-refractivity contribution in [3.8, 4) is 5.75 Å². The van der Waals surface area contributed by atoms with Crippen molar-refractivity contribution in [2.45, 2.75) is 18.8 Å². The van der Waals surface area contributed by atoms with E-state index in [0.717, 1.165) is 5.56 Å². The maximum Gasteiger partial charge on any atom is 0.410 e. The van der Waals surface area contributed by atoms with Gasteiger partial charge in [0.05, 0.1) is 13.1 Å². The third-order valence-corrected chi connectivity index (χ3v) is 3.80. The van der Waals surface area contributed by atoms with Crippen molar-refractivity contribution in [3.63, 3.8) is 0 Å². The molecule has 0 bridgehead atoms. The summed E-state index contributed by atoms with van der Waals surface area (Å²) in [5.41, 5.74) is 0.893. The summed E-state index contributed by atoms with van der Waals surface area (Å²) in [5.74, 6) is 0.0837. The molecule has 1 amide bonds. The Morgan fingerprint density at radius 2 is 1.83 bits per heavy atom. The third-order valence-electron chi connectivity index (χ3n) is 3.80. The molecule has 1 aliphatic heterocycles. The van der Waals surface area contributed by atoms with Gasteiger partial charge in [-0.3, -0.25) is 0 Å². The van der Waals surface area contributed by atoms with Gasteiger partial charge in [0.25, 0.3) is 0 Å². The predicted octanol–water partition coefficient (Wildman–Crippen LogP) is 2.59. The largest absolute Gasteiger partial charge is 0.486 e. The molecule has 0 aliphatic carbocycles. The summed E-state index contributed by atoms with van der Waals surface area (Å²) in [6.07, 6.45) is -1.89. The van der Waals surface area contributed by atoms with Gasteiger partial charge >= 0.3 is 6.09 Å². The quantitative estimate of drug-likeness (QED) is 0.935. The lowest BCUT2D eigenvalue weighted by molar-refractivity contribution is 0.0734. The van der Waals surface area contributed by atoms with Gasteiger partial charge < -0.3 is 19.5 Å². The molecule has 2 atom stereocenters. The molecule has 1 aliphatic rings. The van der Waals surface area contributed by atoms with E-state index in [1.165, 1.54) is 29.2 Å². The molecule has 1 N–H and O–H groups in total. The second-order valence-electron chi connectivity index (χ2n) is 5.62. The highest BCUT2D eigenvalue weighted by Gasteiger charge is 2.36. The first-order valence-corrected chi connectivity index (χ1v) is 7.68. The number of rotatable bonds is 4. The molecule has 1 fully saturated rings. The Morgan fingerprint density at radius 1 is 1.12 bits per heavy atom. The lowest BCUT2D eigenvalue weighted by atomic mass is 10.2. The van der Waals surface area contributed by atoms with Crippen LogP contribution < -0.4 is 4.74 Å². The summed E-state index contributed by atoms with van der Waals surface area (Å²) >= 11 is 0. The maximum absolute atomic E-state index is 12.9. The number of nitrogens with zero attached hydrogens (tertiary/aromatic N) is 1. The summed E-state index contributed by atoms with van der Waals surface area (Å²) in [6.45, 7) is 0.529. The zero-order chi connectivity index (χ0) is 16.9. The summed E-state index contributed by atoms with van der Waals surface area (Å²) in [7, 11) is 0. The fraction of sp³-hybridized carbons (Fsp3) is 0.278. The van der Waals surface area contributed by atoms with Crippen LogP contribution in [-0.2, 0) is 11.3 Å². The Bertz CT molecular complexity index is 677. The highest BCUT2D eigenvalue weighted by Crippen LogP contribution is 2.20. The summed E-state index contributed by atoms with van der Waals surface area (Å²) in [5, 5.41) is 10.1. The molecule has 0 radical (unpaired) electrons. The van der Waals surface area contributed by atoms with Crippen LogP contribution in [0.4, 0.5) is 9.18 Å². The van der Waals surface area contributed by atoms with Gasteiger partial charge in [0, 0.05) is 0 Å². The number of carbonyl (C=O) groups is 1. The minimum Gasteiger partial charge on any atom is -0.486 e. The lowest BCUT2D eigenvalue weighted by Gasteiger charge is -2.17. The molecule has 5 nitrogen and oxygen atoms in total. The fourth-order valence-electron chi connectivity index (χ4n) is 2.52. The van der Waals surface area contributed by atoms with E-state index in [1.807, 2.05) is 30.3 Å². The molecule has 2 unspecified atom stereocenters. The van der Waals surface area contributed by atoms with Gasteiger partial charge in [-0.15, -0.1) is 0 Å².